The van der Waals surface area contributed by atoms with Crippen LogP contribution in [-0.2, 0) is 11.4 Å². The van der Waals surface area contributed by atoms with Crippen LogP contribution in [0.15, 0.2) is 35.3 Å². The average molecular weight is 463 g/mol. The van der Waals surface area contributed by atoms with Crippen LogP contribution in [0.1, 0.15) is 39.5 Å². The van der Waals surface area contributed by atoms with Crippen molar-refractivity contribution in [2.75, 3.05) is 36.8 Å². The number of piperazine rings is 1. The van der Waals surface area contributed by atoms with Crippen molar-refractivity contribution in [2.24, 2.45) is 5.92 Å². The predicted molar refractivity (Wildman–Crippen MR) is 124 cm³/mol. The number of benzene rings is 1. The molecule has 0 bridgehead atoms. The van der Waals surface area contributed by atoms with E-state index in [4.69, 9.17) is 4.74 Å². The molecule has 0 spiro atoms. The third-order valence-corrected chi connectivity index (χ3v) is 7.84. The van der Waals surface area contributed by atoms with Gasteiger partial charge in [0.1, 0.15) is 17.3 Å². The van der Waals surface area contributed by atoms with Gasteiger partial charge in [0.05, 0.1) is 31.1 Å². The lowest BCUT2D eigenvalue weighted by atomic mass is 10.1. The molecule has 9 heteroatoms. The van der Waals surface area contributed by atoms with Crippen LogP contribution >= 0.6 is 0 Å². The standard InChI is InChI=1S/C23H31FN4O3S/c1-3-13-32(30)27-11-9-26(10-12-27)21-16-25-28(19-6-4-5-18(24)15-19)23(29)22(21)31-20-8-7-17(2)14-20/h4-6,15-17,20H,3,7-14H2,1-2H3. The summed E-state index contributed by atoms with van der Waals surface area (Å²) in [6, 6.07) is 5.83. The van der Waals surface area contributed by atoms with Gasteiger partial charge in [0.25, 0.3) is 0 Å². The first kappa shape index (κ1) is 23.1. The van der Waals surface area contributed by atoms with E-state index in [0.29, 0.717) is 49.2 Å². The average Bonchev–Trinajstić information content (AvgIpc) is 3.20. The summed E-state index contributed by atoms with van der Waals surface area (Å²) < 4.78 is 35.6. The molecule has 174 valence electrons. The molecule has 3 unspecified atom stereocenters. The molecule has 1 aliphatic carbocycles. The van der Waals surface area contributed by atoms with Crippen LogP contribution in [0.3, 0.4) is 0 Å². The van der Waals surface area contributed by atoms with Gasteiger partial charge < -0.3 is 14.2 Å². The maximum atomic E-state index is 13.8. The Morgan fingerprint density at radius 3 is 2.69 bits per heavy atom. The Balaban J connectivity index is 1.63. The minimum absolute atomic E-state index is 0.0156. The van der Waals surface area contributed by atoms with E-state index in [1.807, 2.05) is 11.2 Å². The minimum atomic E-state index is -0.968. The fraction of sp³-hybridized carbons (Fsp3) is 0.565. The van der Waals surface area contributed by atoms with E-state index in [-0.39, 0.29) is 17.4 Å². The molecule has 1 saturated heterocycles. The van der Waals surface area contributed by atoms with Crippen LogP contribution in [0.2, 0.25) is 0 Å². The molecule has 2 aliphatic rings. The maximum absolute atomic E-state index is 13.8. The number of hydrogen-bond donors (Lipinski definition) is 0. The minimum Gasteiger partial charge on any atom is -0.598 e. The molecule has 4 rings (SSSR count). The van der Waals surface area contributed by atoms with Gasteiger partial charge in [0, 0.05) is 24.5 Å². The smallest absolute Gasteiger partial charge is 0.316 e. The Labute approximate surface area is 191 Å². The zero-order valence-corrected chi connectivity index (χ0v) is 19.5. The third-order valence-electron chi connectivity index (χ3n) is 6.14. The second-order valence-corrected chi connectivity index (χ2v) is 10.2. The zero-order chi connectivity index (χ0) is 22.7. The highest BCUT2D eigenvalue weighted by atomic mass is 32.2. The number of rotatable bonds is 7. The molecular weight excluding hydrogens is 431 g/mol. The Bertz CT molecular complexity index is 980. The summed E-state index contributed by atoms with van der Waals surface area (Å²) in [5.74, 6) is 1.07. The molecule has 32 heavy (non-hydrogen) atoms. The fourth-order valence-electron chi connectivity index (χ4n) is 4.42. The van der Waals surface area contributed by atoms with Crippen LogP contribution in [0.25, 0.3) is 5.69 Å². The molecule has 0 amide bonds. The largest absolute Gasteiger partial charge is 0.598 e. The van der Waals surface area contributed by atoms with E-state index < -0.39 is 17.2 Å². The van der Waals surface area contributed by atoms with Crippen molar-refractivity contribution in [1.82, 2.24) is 14.1 Å². The van der Waals surface area contributed by atoms with E-state index in [1.165, 1.54) is 16.8 Å². The first-order valence-electron chi connectivity index (χ1n) is 11.4. The fourth-order valence-corrected chi connectivity index (χ4v) is 5.60. The summed E-state index contributed by atoms with van der Waals surface area (Å²) in [4.78, 5) is 15.5. The van der Waals surface area contributed by atoms with Gasteiger partial charge in [-0.25, -0.2) is 4.39 Å². The van der Waals surface area contributed by atoms with Crippen molar-refractivity contribution in [3.63, 3.8) is 0 Å². The lowest BCUT2D eigenvalue weighted by Crippen LogP contribution is -2.49. The van der Waals surface area contributed by atoms with Gasteiger partial charge in [-0.2, -0.15) is 9.78 Å². The number of hydrogen-bond acceptors (Lipinski definition) is 6. The van der Waals surface area contributed by atoms with Crippen LogP contribution < -0.4 is 15.2 Å². The first-order valence-corrected chi connectivity index (χ1v) is 12.7. The van der Waals surface area contributed by atoms with Crippen molar-refractivity contribution in [3.05, 3.63) is 46.6 Å². The molecule has 2 heterocycles. The lowest BCUT2D eigenvalue weighted by molar-refractivity contribution is 0.201. The van der Waals surface area contributed by atoms with Gasteiger partial charge >= 0.3 is 5.56 Å². The summed E-state index contributed by atoms with van der Waals surface area (Å²) in [5.41, 5.74) is 0.638. The molecule has 0 N–H and O–H groups in total. The highest BCUT2D eigenvalue weighted by Gasteiger charge is 2.30. The summed E-state index contributed by atoms with van der Waals surface area (Å²) in [7, 11) is 0. The van der Waals surface area contributed by atoms with Gasteiger partial charge in [-0.3, -0.25) is 4.79 Å². The number of halogens is 1. The van der Waals surface area contributed by atoms with E-state index >= 15 is 0 Å². The second-order valence-electron chi connectivity index (χ2n) is 8.66. The van der Waals surface area contributed by atoms with Crippen molar-refractivity contribution in [3.8, 4) is 11.4 Å². The number of ether oxygens (including phenoxy) is 1. The zero-order valence-electron chi connectivity index (χ0n) is 18.7. The van der Waals surface area contributed by atoms with Crippen LogP contribution in [0.5, 0.6) is 5.75 Å². The topological polar surface area (TPSA) is 73.7 Å². The molecule has 1 aliphatic heterocycles. The van der Waals surface area contributed by atoms with Gasteiger partial charge in [-0.15, -0.1) is 4.31 Å². The van der Waals surface area contributed by atoms with Gasteiger partial charge in [0.2, 0.25) is 5.75 Å². The number of nitrogens with zero attached hydrogens (tertiary/aromatic N) is 4. The normalized spacial score (nSPS) is 22.8. The van der Waals surface area contributed by atoms with Crippen LogP contribution in [0, 0.1) is 11.7 Å². The third kappa shape index (κ3) is 5.10. The van der Waals surface area contributed by atoms with Crippen molar-refractivity contribution >= 4 is 17.0 Å². The van der Waals surface area contributed by atoms with Crippen molar-refractivity contribution in [1.29, 1.82) is 0 Å². The Morgan fingerprint density at radius 2 is 2.03 bits per heavy atom. The van der Waals surface area contributed by atoms with Crippen LogP contribution in [-0.4, -0.2) is 56.7 Å². The Kier molecular flexibility index (Phi) is 7.37. The number of aromatic nitrogens is 2. The molecule has 3 atom stereocenters. The molecule has 2 aromatic rings. The maximum Gasteiger partial charge on any atom is 0.316 e. The Morgan fingerprint density at radius 1 is 1.25 bits per heavy atom. The molecule has 1 saturated carbocycles. The summed E-state index contributed by atoms with van der Waals surface area (Å²) in [6.07, 6.45) is 5.39. The monoisotopic (exact) mass is 462 g/mol. The van der Waals surface area contributed by atoms with Gasteiger partial charge in [-0.05, 0) is 49.8 Å². The lowest BCUT2D eigenvalue weighted by Gasteiger charge is -2.36. The first-order chi connectivity index (χ1) is 15.5. The predicted octanol–water partition coefficient (Wildman–Crippen LogP) is 3.13. The summed E-state index contributed by atoms with van der Waals surface area (Å²) in [5, 5.41) is 4.34. The van der Waals surface area contributed by atoms with E-state index in [0.717, 1.165) is 25.7 Å². The second kappa shape index (κ2) is 10.2. The summed E-state index contributed by atoms with van der Waals surface area (Å²) >= 11 is -0.968. The number of anilines is 1. The van der Waals surface area contributed by atoms with E-state index in [1.54, 1.807) is 18.3 Å². The molecule has 1 aromatic carbocycles. The SMILES string of the molecule is CCC[S+]([O-])N1CCN(c2cnn(-c3cccc(F)c3)c(=O)c2OC2CCC(C)C2)CC1. The van der Waals surface area contributed by atoms with Crippen LogP contribution in [0.4, 0.5) is 10.1 Å². The summed E-state index contributed by atoms with van der Waals surface area (Å²) in [6.45, 7) is 6.80. The van der Waals surface area contributed by atoms with Gasteiger partial charge in [-0.1, -0.05) is 19.9 Å². The molecule has 1 aromatic heterocycles. The van der Waals surface area contributed by atoms with Gasteiger partial charge in [0.15, 0.2) is 0 Å². The highest BCUT2D eigenvalue weighted by molar-refractivity contribution is 7.89. The van der Waals surface area contributed by atoms with Crippen molar-refractivity contribution < 1.29 is 13.7 Å². The molecular formula is C23H31FN4O3S. The molecule has 7 nitrogen and oxygen atoms in total. The molecule has 2 fully saturated rings. The highest BCUT2D eigenvalue weighted by Crippen LogP contribution is 2.32. The Hall–Kier alpha value is -2.10. The van der Waals surface area contributed by atoms with E-state index in [2.05, 4.69) is 16.9 Å². The quantitative estimate of drug-likeness (QED) is 0.589. The molecule has 0 radical (unpaired) electrons. The van der Waals surface area contributed by atoms with Crippen molar-refractivity contribution in [2.45, 2.75) is 45.6 Å². The van der Waals surface area contributed by atoms with E-state index in [9.17, 15) is 13.7 Å².